The van der Waals surface area contributed by atoms with E-state index in [1.165, 1.54) is 24.2 Å². The fourth-order valence-corrected chi connectivity index (χ4v) is 2.28. The zero-order chi connectivity index (χ0) is 11.7. The van der Waals surface area contributed by atoms with Gasteiger partial charge >= 0.3 is 0 Å². The number of hydroxylamine groups is 1. The van der Waals surface area contributed by atoms with Crippen LogP contribution >= 0.6 is 11.3 Å². The summed E-state index contributed by atoms with van der Waals surface area (Å²) in [5.41, 5.74) is 5.78. The molecule has 17 heavy (non-hydrogen) atoms. The first-order valence-electron chi connectivity index (χ1n) is 5.58. The lowest BCUT2D eigenvalue weighted by molar-refractivity contribution is 0.0270. The van der Waals surface area contributed by atoms with Gasteiger partial charge in [0.25, 0.3) is 5.91 Å². The highest BCUT2D eigenvalue weighted by molar-refractivity contribution is 7.16. The van der Waals surface area contributed by atoms with Crippen molar-refractivity contribution in [3.05, 3.63) is 29.3 Å². The van der Waals surface area contributed by atoms with Crippen molar-refractivity contribution in [3.63, 3.8) is 0 Å². The normalized spacial score (nSPS) is 15.1. The molecule has 88 valence electrons. The van der Waals surface area contributed by atoms with Crippen molar-refractivity contribution in [2.75, 3.05) is 6.61 Å². The van der Waals surface area contributed by atoms with E-state index >= 15 is 0 Å². The Kier molecular flexibility index (Phi) is 2.78. The highest BCUT2D eigenvalue weighted by Crippen LogP contribution is 2.28. The minimum atomic E-state index is -0.194. The number of aromatic nitrogens is 1. The highest BCUT2D eigenvalue weighted by atomic mass is 32.1. The monoisotopic (exact) mass is 248 g/mol. The number of fused-ring (bicyclic) bond motifs is 1. The second-order valence-corrected chi connectivity index (χ2v) is 5.11. The van der Waals surface area contributed by atoms with Crippen molar-refractivity contribution in [1.82, 2.24) is 10.5 Å². The molecule has 1 aliphatic carbocycles. The quantitative estimate of drug-likeness (QED) is 0.845. The predicted molar refractivity (Wildman–Crippen MR) is 65.8 cm³/mol. The summed E-state index contributed by atoms with van der Waals surface area (Å²) in [6.07, 6.45) is 2.42. The molecule has 1 N–H and O–H groups in total. The lowest BCUT2D eigenvalue weighted by Gasteiger charge is -2.04. The van der Waals surface area contributed by atoms with Gasteiger partial charge in [0.15, 0.2) is 0 Å². The molecule has 4 nitrogen and oxygen atoms in total. The number of nitrogens with one attached hydrogen (secondary N) is 1. The Hall–Kier alpha value is -1.46. The zero-order valence-electron chi connectivity index (χ0n) is 9.18. The van der Waals surface area contributed by atoms with Gasteiger partial charge in [-0.25, -0.2) is 10.5 Å². The molecule has 0 spiro atoms. The SMILES string of the molecule is O=C(NOCC1CC1)c1ccc2ncsc2c1. The number of hydrogen-bond acceptors (Lipinski definition) is 4. The molecule has 0 bridgehead atoms. The van der Waals surface area contributed by atoms with Gasteiger partial charge in [0.2, 0.25) is 0 Å². The van der Waals surface area contributed by atoms with E-state index in [9.17, 15) is 4.79 Å². The molecule has 5 heteroatoms. The second kappa shape index (κ2) is 4.43. The first-order valence-corrected chi connectivity index (χ1v) is 6.46. The number of amides is 1. The number of carbonyl (C=O) groups is 1. The Bertz CT molecular complexity index is 548. The molecule has 1 amide bonds. The van der Waals surface area contributed by atoms with E-state index < -0.39 is 0 Å². The molecule has 1 saturated carbocycles. The van der Waals surface area contributed by atoms with Gasteiger partial charge in [0.1, 0.15) is 0 Å². The summed E-state index contributed by atoms with van der Waals surface area (Å²) in [6, 6.07) is 5.45. The molecular formula is C12H12N2O2S. The van der Waals surface area contributed by atoms with Crippen LogP contribution in [-0.2, 0) is 4.84 Å². The fraction of sp³-hybridized carbons (Fsp3) is 0.333. The third-order valence-electron chi connectivity index (χ3n) is 2.77. The van der Waals surface area contributed by atoms with Crippen molar-refractivity contribution < 1.29 is 9.63 Å². The van der Waals surface area contributed by atoms with Gasteiger partial charge in [0, 0.05) is 5.56 Å². The number of rotatable bonds is 4. The van der Waals surface area contributed by atoms with Crippen LogP contribution in [0.4, 0.5) is 0 Å². The van der Waals surface area contributed by atoms with E-state index in [1.54, 1.807) is 11.6 Å². The van der Waals surface area contributed by atoms with Crippen LogP contribution in [0.1, 0.15) is 23.2 Å². The van der Waals surface area contributed by atoms with Crippen molar-refractivity contribution in [2.45, 2.75) is 12.8 Å². The molecule has 0 saturated heterocycles. The van der Waals surface area contributed by atoms with E-state index in [-0.39, 0.29) is 5.91 Å². The molecule has 0 atom stereocenters. The molecule has 1 heterocycles. The molecule has 1 aliphatic rings. The largest absolute Gasteiger partial charge is 0.274 e. The Morgan fingerprint density at radius 1 is 1.53 bits per heavy atom. The Balaban J connectivity index is 1.66. The molecule has 2 aromatic rings. The van der Waals surface area contributed by atoms with E-state index in [4.69, 9.17) is 4.84 Å². The molecule has 3 rings (SSSR count). The number of carbonyl (C=O) groups excluding carboxylic acids is 1. The Labute approximate surface area is 103 Å². The maximum Gasteiger partial charge on any atom is 0.274 e. The molecule has 0 aliphatic heterocycles. The molecular weight excluding hydrogens is 236 g/mol. The van der Waals surface area contributed by atoms with Gasteiger partial charge in [0.05, 0.1) is 22.3 Å². The minimum Gasteiger partial charge on any atom is -0.273 e. The maximum atomic E-state index is 11.8. The van der Waals surface area contributed by atoms with Crippen molar-refractivity contribution in [1.29, 1.82) is 0 Å². The first kappa shape index (κ1) is 10.7. The number of nitrogens with zero attached hydrogens (tertiary/aromatic N) is 1. The third-order valence-corrected chi connectivity index (χ3v) is 3.57. The van der Waals surface area contributed by atoms with Crippen LogP contribution in [0, 0.1) is 5.92 Å². The fourth-order valence-electron chi connectivity index (χ4n) is 1.56. The summed E-state index contributed by atoms with van der Waals surface area (Å²) in [5, 5.41) is 0. The van der Waals surface area contributed by atoms with Crippen LogP contribution in [0.3, 0.4) is 0 Å². The van der Waals surface area contributed by atoms with E-state index in [0.29, 0.717) is 18.1 Å². The van der Waals surface area contributed by atoms with Crippen LogP contribution in [-0.4, -0.2) is 17.5 Å². The van der Waals surface area contributed by atoms with Crippen LogP contribution < -0.4 is 5.48 Å². The number of thiazole rings is 1. The molecule has 0 unspecified atom stereocenters. The first-order chi connectivity index (χ1) is 8.33. The molecule has 1 aromatic heterocycles. The number of hydrogen-bond donors (Lipinski definition) is 1. The van der Waals surface area contributed by atoms with E-state index in [2.05, 4.69) is 10.5 Å². The van der Waals surface area contributed by atoms with E-state index in [1.807, 2.05) is 12.1 Å². The molecule has 1 aromatic carbocycles. The minimum absolute atomic E-state index is 0.194. The summed E-state index contributed by atoms with van der Waals surface area (Å²) < 4.78 is 1.01. The summed E-state index contributed by atoms with van der Waals surface area (Å²) in [6.45, 7) is 0.620. The Morgan fingerprint density at radius 3 is 3.24 bits per heavy atom. The Morgan fingerprint density at radius 2 is 2.41 bits per heavy atom. The maximum absolute atomic E-state index is 11.8. The van der Waals surface area contributed by atoms with Crippen LogP contribution in [0.5, 0.6) is 0 Å². The van der Waals surface area contributed by atoms with Crippen LogP contribution in [0.15, 0.2) is 23.7 Å². The van der Waals surface area contributed by atoms with Crippen LogP contribution in [0.25, 0.3) is 10.2 Å². The van der Waals surface area contributed by atoms with Gasteiger partial charge in [-0.05, 0) is 37.0 Å². The van der Waals surface area contributed by atoms with Crippen molar-refractivity contribution >= 4 is 27.5 Å². The summed E-state index contributed by atoms with van der Waals surface area (Å²) in [4.78, 5) is 21.1. The predicted octanol–water partition coefficient (Wildman–Crippen LogP) is 2.37. The van der Waals surface area contributed by atoms with Gasteiger partial charge < -0.3 is 0 Å². The van der Waals surface area contributed by atoms with Gasteiger partial charge in [-0.2, -0.15) is 0 Å². The second-order valence-electron chi connectivity index (χ2n) is 4.22. The summed E-state index contributed by atoms with van der Waals surface area (Å²) >= 11 is 1.53. The highest BCUT2D eigenvalue weighted by Gasteiger charge is 2.21. The summed E-state index contributed by atoms with van der Waals surface area (Å²) in [7, 11) is 0. The van der Waals surface area contributed by atoms with Crippen LogP contribution in [0.2, 0.25) is 0 Å². The standard InChI is InChI=1S/C12H12N2O2S/c15-12(14-16-6-8-1-2-8)9-3-4-10-11(5-9)17-7-13-10/h3-5,7-8H,1-2,6H2,(H,14,15). The van der Waals surface area contributed by atoms with Crippen molar-refractivity contribution in [2.24, 2.45) is 5.92 Å². The smallest absolute Gasteiger partial charge is 0.273 e. The lowest BCUT2D eigenvalue weighted by Crippen LogP contribution is -2.24. The lowest BCUT2D eigenvalue weighted by atomic mass is 10.2. The molecule has 1 fully saturated rings. The average molecular weight is 248 g/mol. The topological polar surface area (TPSA) is 51.2 Å². The van der Waals surface area contributed by atoms with Gasteiger partial charge in [-0.1, -0.05) is 0 Å². The number of benzene rings is 1. The van der Waals surface area contributed by atoms with Gasteiger partial charge in [-0.15, -0.1) is 11.3 Å². The third kappa shape index (κ3) is 2.45. The average Bonchev–Trinajstić information content (AvgIpc) is 3.04. The van der Waals surface area contributed by atoms with E-state index in [0.717, 1.165) is 10.2 Å². The summed E-state index contributed by atoms with van der Waals surface area (Å²) in [5.74, 6) is 0.445. The molecule has 0 radical (unpaired) electrons. The van der Waals surface area contributed by atoms with Crippen molar-refractivity contribution in [3.8, 4) is 0 Å². The zero-order valence-corrected chi connectivity index (χ0v) is 10.00. The van der Waals surface area contributed by atoms with Gasteiger partial charge in [-0.3, -0.25) is 9.63 Å².